The third-order valence-corrected chi connectivity index (χ3v) is 5.33. The van der Waals surface area contributed by atoms with Crippen LogP contribution >= 0.6 is 0 Å². The molecule has 9 heteroatoms. The van der Waals surface area contributed by atoms with Gasteiger partial charge in [-0.25, -0.2) is 9.37 Å². The average Bonchev–Trinajstić information content (AvgIpc) is 3.31. The second-order valence-electron chi connectivity index (χ2n) is 7.79. The van der Waals surface area contributed by atoms with Crippen LogP contribution in [-0.2, 0) is 6.54 Å². The van der Waals surface area contributed by atoms with Crippen LogP contribution in [0.15, 0.2) is 60.9 Å². The summed E-state index contributed by atoms with van der Waals surface area (Å²) in [7, 11) is 0. The summed E-state index contributed by atoms with van der Waals surface area (Å²) >= 11 is 0. The van der Waals surface area contributed by atoms with Crippen molar-refractivity contribution in [3.05, 3.63) is 94.8 Å². The lowest BCUT2D eigenvalue weighted by Crippen LogP contribution is -2.31. The Balaban J connectivity index is 1.49. The molecule has 0 saturated carbocycles. The normalized spacial score (nSPS) is 11.8. The molecule has 0 saturated heterocycles. The van der Waals surface area contributed by atoms with Crippen molar-refractivity contribution in [2.24, 2.45) is 0 Å². The van der Waals surface area contributed by atoms with Gasteiger partial charge in [0.25, 0.3) is 17.6 Å². The monoisotopic (exact) mass is 446 g/mol. The van der Waals surface area contributed by atoms with E-state index in [1.54, 1.807) is 19.1 Å². The lowest BCUT2D eigenvalue weighted by molar-refractivity contribution is 0.0943. The number of carbonyl (C=O) groups excluding carboxylic acids is 2. The van der Waals surface area contributed by atoms with Gasteiger partial charge >= 0.3 is 0 Å². The van der Waals surface area contributed by atoms with Gasteiger partial charge in [-0.2, -0.15) is 14.6 Å². The number of nitrogens with zero attached hydrogens (tertiary/aromatic N) is 4. The summed E-state index contributed by atoms with van der Waals surface area (Å²) in [6, 6.07) is 15.9. The molecule has 1 atom stereocenters. The van der Waals surface area contributed by atoms with Crippen LogP contribution in [0.1, 0.15) is 50.5 Å². The maximum atomic E-state index is 13.5. The maximum Gasteiger partial charge on any atom is 0.270 e. The van der Waals surface area contributed by atoms with Crippen LogP contribution in [0, 0.1) is 12.7 Å². The Bertz CT molecular complexity index is 1310. The number of aryl methyl sites for hydroxylation is 1. The lowest BCUT2D eigenvalue weighted by Gasteiger charge is -2.14. The Morgan fingerprint density at radius 2 is 1.85 bits per heavy atom. The molecule has 0 spiro atoms. The Hall–Kier alpha value is -4.14. The van der Waals surface area contributed by atoms with Crippen LogP contribution in [0.25, 0.3) is 5.78 Å². The predicted molar refractivity (Wildman–Crippen MR) is 120 cm³/mol. The van der Waals surface area contributed by atoms with Crippen molar-refractivity contribution in [2.75, 3.05) is 6.54 Å². The van der Waals surface area contributed by atoms with Crippen molar-refractivity contribution in [1.29, 1.82) is 0 Å². The van der Waals surface area contributed by atoms with E-state index in [0.717, 1.165) is 11.1 Å². The molecule has 2 amide bonds. The van der Waals surface area contributed by atoms with Crippen LogP contribution in [-0.4, -0.2) is 37.9 Å². The van der Waals surface area contributed by atoms with E-state index >= 15 is 0 Å². The number of benzene rings is 2. The summed E-state index contributed by atoms with van der Waals surface area (Å²) in [4.78, 5) is 33.9. The summed E-state index contributed by atoms with van der Waals surface area (Å²) in [6.45, 7) is 4.27. The molecule has 2 heterocycles. The van der Waals surface area contributed by atoms with E-state index in [4.69, 9.17) is 0 Å². The first-order valence-corrected chi connectivity index (χ1v) is 10.5. The zero-order valence-electron chi connectivity index (χ0n) is 18.2. The minimum absolute atomic E-state index is 0.0376. The number of aromatic nitrogens is 4. The van der Waals surface area contributed by atoms with Crippen LogP contribution in [0.2, 0.25) is 0 Å². The van der Waals surface area contributed by atoms with Crippen molar-refractivity contribution in [3.8, 4) is 0 Å². The van der Waals surface area contributed by atoms with E-state index in [1.807, 2.05) is 37.3 Å². The summed E-state index contributed by atoms with van der Waals surface area (Å²) in [6.07, 6.45) is 1.27. The first kappa shape index (κ1) is 22.1. The number of hydrogen-bond donors (Lipinski definition) is 2. The van der Waals surface area contributed by atoms with Crippen molar-refractivity contribution < 1.29 is 14.0 Å². The first-order valence-electron chi connectivity index (χ1n) is 10.5. The third kappa shape index (κ3) is 5.03. The summed E-state index contributed by atoms with van der Waals surface area (Å²) in [5.41, 5.74) is 2.54. The van der Waals surface area contributed by atoms with E-state index in [1.165, 1.54) is 23.0 Å². The van der Waals surface area contributed by atoms with E-state index in [0.29, 0.717) is 12.1 Å². The topological polar surface area (TPSA) is 101 Å². The Labute approximate surface area is 189 Å². The van der Waals surface area contributed by atoms with Gasteiger partial charge in [0.2, 0.25) is 0 Å². The molecule has 0 aliphatic rings. The molecule has 4 rings (SSSR count). The van der Waals surface area contributed by atoms with Crippen molar-refractivity contribution in [1.82, 2.24) is 30.2 Å². The number of amides is 2. The average molecular weight is 446 g/mol. The second-order valence-corrected chi connectivity index (χ2v) is 7.79. The Kier molecular flexibility index (Phi) is 6.39. The molecule has 2 N–H and O–H groups in total. The van der Waals surface area contributed by atoms with Gasteiger partial charge in [0.05, 0.1) is 0 Å². The van der Waals surface area contributed by atoms with Gasteiger partial charge in [0.1, 0.15) is 23.5 Å². The van der Waals surface area contributed by atoms with Crippen molar-refractivity contribution in [3.63, 3.8) is 0 Å². The van der Waals surface area contributed by atoms with Crippen molar-refractivity contribution in [2.45, 2.75) is 26.3 Å². The molecule has 4 aromatic rings. The van der Waals surface area contributed by atoms with Gasteiger partial charge in [0, 0.05) is 19.2 Å². The number of fused-ring (bicyclic) bond motifs is 1. The van der Waals surface area contributed by atoms with Gasteiger partial charge in [-0.15, -0.1) is 0 Å². The van der Waals surface area contributed by atoms with Gasteiger partial charge < -0.3 is 10.6 Å². The van der Waals surface area contributed by atoms with Crippen LogP contribution in [0.3, 0.4) is 0 Å². The fourth-order valence-corrected chi connectivity index (χ4v) is 3.42. The van der Waals surface area contributed by atoms with E-state index in [-0.39, 0.29) is 41.4 Å². The van der Waals surface area contributed by atoms with E-state index in [2.05, 4.69) is 25.7 Å². The molecule has 0 radical (unpaired) electrons. The molecule has 2 aromatic carbocycles. The fourth-order valence-electron chi connectivity index (χ4n) is 3.42. The second kappa shape index (κ2) is 9.56. The Morgan fingerprint density at radius 3 is 2.61 bits per heavy atom. The van der Waals surface area contributed by atoms with Gasteiger partial charge in [-0.3, -0.25) is 9.59 Å². The van der Waals surface area contributed by atoms with Crippen LogP contribution in [0.4, 0.5) is 4.39 Å². The standard InChI is InChI=1S/C24H23FN6O2/c1-15-10-17(8-9-19(15)25)13-27-22(32)20-11-21(31-24(30-20)28-14-29-31)23(33)26-12-16(2)18-6-4-3-5-7-18/h3-11,14,16H,12-13H2,1-2H3,(H,26,33)(H,27,32)/t16-/m1/s1. The molecule has 2 aromatic heterocycles. The van der Waals surface area contributed by atoms with Crippen LogP contribution in [0.5, 0.6) is 0 Å². The van der Waals surface area contributed by atoms with Gasteiger partial charge in [0.15, 0.2) is 0 Å². The minimum Gasteiger partial charge on any atom is -0.350 e. The molecular weight excluding hydrogens is 423 g/mol. The quantitative estimate of drug-likeness (QED) is 0.454. The number of halogens is 1. The highest BCUT2D eigenvalue weighted by Gasteiger charge is 2.19. The molecule has 0 aliphatic carbocycles. The molecule has 168 valence electrons. The number of hydrogen-bond acceptors (Lipinski definition) is 5. The van der Waals surface area contributed by atoms with Gasteiger partial charge in [-0.1, -0.05) is 49.4 Å². The number of nitrogens with one attached hydrogen (secondary N) is 2. The van der Waals surface area contributed by atoms with E-state index in [9.17, 15) is 14.0 Å². The molecule has 0 aliphatic heterocycles. The predicted octanol–water partition coefficient (Wildman–Crippen LogP) is 3.04. The maximum absolute atomic E-state index is 13.5. The highest BCUT2D eigenvalue weighted by Crippen LogP contribution is 2.14. The third-order valence-electron chi connectivity index (χ3n) is 5.33. The largest absolute Gasteiger partial charge is 0.350 e. The molecule has 0 unspecified atom stereocenters. The first-order chi connectivity index (χ1) is 15.9. The molecule has 0 fully saturated rings. The van der Waals surface area contributed by atoms with Crippen molar-refractivity contribution >= 4 is 17.6 Å². The zero-order chi connectivity index (χ0) is 23.4. The highest BCUT2D eigenvalue weighted by molar-refractivity contribution is 5.98. The minimum atomic E-state index is -0.478. The fraction of sp³-hybridized carbons (Fsp3) is 0.208. The zero-order valence-corrected chi connectivity index (χ0v) is 18.2. The summed E-state index contributed by atoms with van der Waals surface area (Å²) in [5, 5.41) is 9.69. The summed E-state index contributed by atoms with van der Waals surface area (Å²) in [5.74, 6) is -0.930. The highest BCUT2D eigenvalue weighted by atomic mass is 19.1. The molecular formula is C24H23FN6O2. The molecule has 33 heavy (non-hydrogen) atoms. The van der Waals surface area contributed by atoms with E-state index < -0.39 is 5.91 Å². The molecule has 8 nitrogen and oxygen atoms in total. The van der Waals surface area contributed by atoms with Crippen LogP contribution < -0.4 is 10.6 Å². The molecule has 0 bridgehead atoms. The summed E-state index contributed by atoms with van der Waals surface area (Å²) < 4.78 is 14.8. The van der Waals surface area contributed by atoms with Gasteiger partial charge in [-0.05, 0) is 35.6 Å². The number of rotatable bonds is 7. The Morgan fingerprint density at radius 1 is 1.06 bits per heavy atom. The lowest BCUT2D eigenvalue weighted by atomic mass is 10.0. The SMILES string of the molecule is Cc1cc(CNC(=O)c2cc(C(=O)NC[C@@H](C)c3ccccc3)n3ncnc3n2)ccc1F. The number of carbonyl (C=O) groups is 2. The smallest absolute Gasteiger partial charge is 0.270 e.